The molecule has 5 nitrogen and oxygen atoms in total. The molecule has 0 aliphatic heterocycles. The Morgan fingerprint density at radius 2 is 2.33 bits per heavy atom. The van der Waals surface area contributed by atoms with E-state index in [9.17, 15) is 9.90 Å². The monoisotopic (exact) mass is 207 g/mol. The Balaban J connectivity index is 2.79. The van der Waals surface area contributed by atoms with Gasteiger partial charge >= 0.3 is 0 Å². The van der Waals surface area contributed by atoms with Crippen LogP contribution in [0.2, 0.25) is 0 Å². The van der Waals surface area contributed by atoms with Gasteiger partial charge in [0.15, 0.2) is 0 Å². The highest BCUT2D eigenvalue weighted by Crippen LogP contribution is 2.16. The summed E-state index contributed by atoms with van der Waals surface area (Å²) in [5.41, 5.74) is 1.56. The van der Waals surface area contributed by atoms with Gasteiger partial charge in [-0.2, -0.15) is 9.61 Å². The summed E-state index contributed by atoms with van der Waals surface area (Å²) in [6, 6.07) is 0. The van der Waals surface area contributed by atoms with Gasteiger partial charge in [0.1, 0.15) is 5.65 Å². The number of nitrogens with zero attached hydrogens (tertiary/aromatic N) is 2. The molecule has 2 aromatic rings. The molecule has 0 radical (unpaired) electrons. The van der Waals surface area contributed by atoms with Crippen molar-refractivity contribution in [1.29, 1.82) is 0 Å². The lowest BCUT2D eigenvalue weighted by Crippen LogP contribution is -2.15. The second-order valence-corrected chi connectivity index (χ2v) is 3.59. The molecule has 0 bridgehead atoms. The first-order valence-electron chi connectivity index (χ1n) is 4.93. The number of rotatable bonds is 2. The van der Waals surface area contributed by atoms with Gasteiger partial charge in [0.05, 0.1) is 11.8 Å². The van der Waals surface area contributed by atoms with Crippen molar-refractivity contribution in [3.63, 3.8) is 0 Å². The van der Waals surface area contributed by atoms with E-state index in [0.717, 1.165) is 12.0 Å². The Labute approximate surface area is 86.4 Å². The highest BCUT2D eigenvalue weighted by atomic mass is 16.3. The van der Waals surface area contributed by atoms with Crippen LogP contribution in [0.15, 0.2) is 11.0 Å². The molecule has 0 fully saturated rings. The normalized spacial score (nSPS) is 11.1. The van der Waals surface area contributed by atoms with Gasteiger partial charge in [-0.1, -0.05) is 13.3 Å². The van der Waals surface area contributed by atoms with Crippen molar-refractivity contribution in [3.8, 4) is 5.88 Å². The minimum atomic E-state index is -0.231. The first-order valence-corrected chi connectivity index (χ1v) is 4.93. The molecule has 0 saturated carbocycles. The summed E-state index contributed by atoms with van der Waals surface area (Å²) in [6.45, 7) is 3.79. The Kier molecular flexibility index (Phi) is 2.22. The molecule has 0 spiro atoms. The summed E-state index contributed by atoms with van der Waals surface area (Å²) in [4.78, 5) is 14.4. The zero-order chi connectivity index (χ0) is 11.0. The fourth-order valence-electron chi connectivity index (χ4n) is 1.63. The van der Waals surface area contributed by atoms with Crippen LogP contribution in [0.25, 0.3) is 5.65 Å². The molecule has 2 N–H and O–H groups in total. The van der Waals surface area contributed by atoms with Crippen molar-refractivity contribution in [2.75, 3.05) is 0 Å². The topological polar surface area (TPSA) is 70.4 Å². The lowest BCUT2D eigenvalue weighted by molar-refractivity contribution is 0.426. The SMILES string of the molecule is CCCc1c(O)n2ncc(C)c2[nH]c1=O. The third-order valence-corrected chi connectivity index (χ3v) is 2.43. The van der Waals surface area contributed by atoms with Crippen LogP contribution in [-0.2, 0) is 6.42 Å². The van der Waals surface area contributed by atoms with Crippen molar-refractivity contribution in [2.24, 2.45) is 0 Å². The van der Waals surface area contributed by atoms with Crippen molar-refractivity contribution < 1.29 is 5.11 Å². The molecule has 0 unspecified atom stereocenters. The van der Waals surface area contributed by atoms with E-state index < -0.39 is 0 Å². The Hall–Kier alpha value is -1.78. The number of aromatic hydroxyl groups is 1. The third-order valence-electron chi connectivity index (χ3n) is 2.43. The summed E-state index contributed by atoms with van der Waals surface area (Å²) in [7, 11) is 0. The van der Waals surface area contributed by atoms with Gasteiger partial charge < -0.3 is 10.1 Å². The molecule has 0 amide bonds. The summed E-state index contributed by atoms with van der Waals surface area (Å²) < 4.78 is 1.36. The van der Waals surface area contributed by atoms with E-state index in [-0.39, 0.29) is 11.4 Å². The molecule has 15 heavy (non-hydrogen) atoms. The fraction of sp³-hybridized carbons (Fsp3) is 0.400. The Bertz CT molecular complexity index is 554. The van der Waals surface area contributed by atoms with E-state index in [1.165, 1.54) is 4.52 Å². The second-order valence-electron chi connectivity index (χ2n) is 3.59. The van der Waals surface area contributed by atoms with Crippen LogP contribution in [0.3, 0.4) is 0 Å². The number of hydrogen-bond acceptors (Lipinski definition) is 3. The number of aromatic nitrogens is 3. The maximum absolute atomic E-state index is 11.6. The Morgan fingerprint density at radius 3 is 3.00 bits per heavy atom. The average Bonchev–Trinajstić information content (AvgIpc) is 2.55. The van der Waals surface area contributed by atoms with Gasteiger partial charge in [-0.05, 0) is 13.3 Å². The predicted octanol–water partition coefficient (Wildman–Crippen LogP) is 0.989. The minimum absolute atomic E-state index is 0.0521. The van der Waals surface area contributed by atoms with E-state index >= 15 is 0 Å². The molecular weight excluding hydrogens is 194 g/mol. The number of H-pyrrole nitrogens is 1. The number of aromatic amines is 1. The lowest BCUT2D eigenvalue weighted by atomic mass is 10.2. The zero-order valence-corrected chi connectivity index (χ0v) is 8.74. The van der Waals surface area contributed by atoms with Crippen LogP contribution >= 0.6 is 0 Å². The lowest BCUT2D eigenvalue weighted by Gasteiger charge is -2.04. The summed E-state index contributed by atoms with van der Waals surface area (Å²) in [5.74, 6) is -0.0521. The van der Waals surface area contributed by atoms with Gasteiger partial charge in [0.25, 0.3) is 5.56 Å². The van der Waals surface area contributed by atoms with E-state index in [0.29, 0.717) is 17.6 Å². The molecule has 2 aromatic heterocycles. The smallest absolute Gasteiger partial charge is 0.258 e. The van der Waals surface area contributed by atoms with Gasteiger partial charge in [0.2, 0.25) is 5.88 Å². The number of nitrogens with one attached hydrogen (secondary N) is 1. The van der Waals surface area contributed by atoms with Crippen molar-refractivity contribution in [3.05, 3.63) is 27.7 Å². The average molecular weight is 207 g/mol. The van der Waals surface area contributed by atoms with Crippen LogP contribution in [0.4, 0.5) is 0 Å². The first-order chi connectivity index (χ1) is 7.15. The summed E-state index contributed by atoms with van der Waals surface area (Å²) in [5, 5.41) is 13.9. The largest absolute Gasteiger partial charge is 0.493 e. The zero-order valence-electron chi connectivity index (χ0n) is 8.74. The highest BCUT2D eigenvalue weighted by Gasteiger charge is 2.12. The number of hydrogen-bond donors (Lipinski definition) is 2. The molecule has 0 aliphatic rings. The molecule has 2 heterocycles. The molecule has 0 saturated heterocycles. The van der Waals surface area contributed by atoms with Crippen LogP contribution in [-0.4, -0.2) is 19.7 Å². The molecule has 0 aliphatic carbocycles. The second kappa shape index (κ2) is 3.42. The molecule has 5 heteroatoms. The van der Waals surface area contributed by atoms with E-state index in [1.54, 1.807) is 6.20 Å². The molecule has 80 valence electrons. The predicted molar refractivity (Wildman–Crippen MR) is 56.2 cm³/mol. The highest BCUT2D eigenvalue weighted by molar-refractivity contribution is 5.48. The van der Waals surface area contributed by atoms with E-state index in [4.69, 9.17) is 0 Å². The fourth-order valence-corrected chi connectivity index (χ4v) is 1.63. The molecule has 0 aromatic carbocycles. The molecule has 0 atom stereocenters. The van der Waals surface area contributed by atoms with Crippen molar-refractivity contribution >= 4 is 5.65 Å². The van der Waals surface area contributed by atoms with Crippen LogP contribution in [0.5, 0.6) is 5.88 Å². The first kappa shape index (κ1) is 9.76. The molecular formula is C10H13N3O2. The number of aryl methyl sites for hydroxylation is 1. The van der Waals surface area contributed by atoms with Crippen LogP contribution in [0.1, 0.15) is 24.5 Å². The maximum atomic E-state index is 11.6. The maximum Gasteiger partial charge on any atom is 0.258 e. The molecule has 2 rings (SSSR count). The summed E-state index contributed by atoms with van der Waals surface area (Å²) in [6.07, 6.45) is 2.97. The van der Waals surface area contributed by atoms with E-state index in [1.807, 2.05) is 13.8 Å². The van der Waals surface area contributed by atoms with Crippen LogP contribution in [0, 0.1) is 6.92 Å². The Morgan fingerprint density at radius 1 is 1.60 bits per heavy atom. The standard InChI is InChI=1S/C10H13N3O2/c1-3-4-7-9(14)12-8-6(2)5-11-13(8)10(7)15/h5,15H,3-4H2,1-2H3,(H,12,14). The quantitative estimate of drug-likeness (QED) is 0.771. The van der Waals surface area contributed by atoms with E-state index in [2.05, 4.69) is 10.1 Å². The van der Waals surface area contributed by atoms with Gasteiger partial charge in [0, 0.05) is 5.56 Å². The number of fused-ring (bicyclic) bond motifs is 1. The van der Waals surface area contributed by atoms with Crippen molar-refractivity contribution in [2.45, 2.75) is 26.7 Å². The van der Waals surface area contributed by atoms with Crippen LogP contribution < -0.4 is 5.56 Å². The van der Waals surface area contributed by atoms with Gasteiger partial charge in [-0.15, -0.1) is 0 Å². The van der Waals surface area contributed by atoms with Crippen molar-refractivity contribution in [1.82, 2.24) is 14.6 Å². The minimum Gasteiger partial charge on any atom is -0.493 e. The third kappa shape index (κ3) is 1.40. The van der Waals surface area contributed by atoms with Gasteiger partial charge in [-0.25, -0.2) is 0 Å². The summed E-state index contributed by atoms with van der Waals surface area (Å²) >= 11 is 0. The van der Waals surface area contributed by atoms with Gasteiger partial charge in [-0.3, -0.25) is 4.79 Å².